The van der Waals surface area contributed by atoms with E-state index in [-0.39, 0.29) is 35.2 Å². The maximum atomic E-state index is 14.5. The topological polar surface area (TPSA) is 156 Å². The SMILES string of the molecule is COc1cc(OC)c(Cl)c(-c2cc3cnc(Nc4ccn(C)n4)cc3n(Cc3cccc(CC(=O)/C=C/C[N+](C)(C)CC4=C([N+](=O)[O-])N=CC4)c3)c2=O)c1. The Morgan fingerprint density at radius 2 is 1.87 bits per heavy atom. The molecule has 0 spiro atoms. The third kappa shape index (κ3) is 8.56. The fourth-order valence-electron chi connectivity index (χ4n) is 6.41. The first kappa shape index (κ1) is 37.6. The third-order valence-electron chi connectivity index (χ3n) is 8.98. The second kappa shape index (κ2) is 15.9. The van der Waals surface area contributed by atoms with E-state index in [1.807, 2.05) is 57.7 Å². The minimum atomic E-state index is -0.453. The lowest BCUT2D eigenvalue weighted by atomic mass is 10.0. The molecule has 15 heteroatoms. The zero-order valence-corrected chi connectivity index (χ0v) is 31.3. The molecule has 0 saturated carbocycles. The van der Waals surface area contributed by atoms with Gasteiger partial charge in [0.2, 0.25) is 0 Å². The monoisotopic (exact) mass is 751 g/mol. The molecule has 1 aliphatic heterocycles. The summed E-state index contributed by atoms with van der Waals surface area (Å²) in [5, 5.41) is 19.9. The van der Waals surface area contributed by atoms with Gasteiger partial charge in [0.1, 0.15) is 30.1 Å². The van der Waals surface area contributed by atoms with Gasteiger partial charge in [-0.2, -0.15) is 5.10 Å². The van der Waals surface area contributed by atoms with Gasteiger partial charge in [0.15, 0.2) is 11.6 Å². The Bertz CT molecular complexity index is 2410. The van der Waals surface area contributed by atoms with Crippen LogP contribution < -0.4 is 20.3 Å². The lowest BCUT2D eigenvalue weighted by Crippen LogP contribution is -2.41. The number of carbonyl (C=O) groups excluding carboxylic acids is 1. The normalized spacial score (nSPS) is 12.9. The fraction of sp³-hybridized carbons (Fsp3) is 0.256. The molecule has 1 aliphatic rings. The zero-order valence-electron chi connectivity index (χ0n) is 30.6. The van der Waals surface area contributed by atoms with Gasteiger partial charge in [0.25, 0.3) is 5.56 Å². The molecular formula is C39H40ClN8O6+. The van der Waals surface area contributed by atoms with Gasteiger partial charge in [-0.1, -0.05) is 40.9 Å². The molecule has 6 rings (SSSR count). The average molecular weight is 752 g/mol. The number of ether oxygens (including phenoxy) is 2. The Morgan fingerprint density at radius 1 is 1.07 bits per heavy atom. The number of fused-ring (bicyclic) bond motifs is 1. The number of nitro groups is 1. The number of nitrogens with zero attached hydrogens (tertiary/aromatic N) is 7. The summed E-state index contributed by atoms with van der Waals surface area (Å²) in [5.41, 5.74) is 3.37. The number of benzene rings is 2. The highest BCUT2D eigenvalue weighted by molar-refractivity contribution is 6.35. The van der Waals surface area contributed by atoms with Crippen molar-refractivity contribution in [2.24, 2.45) is 12.0 Å². The number of likely N-dealkylation sites (N-methyl/N-ethyl adjacent to an activating group) is 1. The molecule has 0 bridgehead atoms. The molecule has 278 valence electrons. The average Bonchev–Trinajstić information content (AvgIpc) is 3.77. The smallest absolute Gasteiger partial charge is 0.368 e. The van der Waals surface area contributed by atoms with Crippen molar-refractivity contribution >= 4 is 46.1 Å². The number of allylic oxidation sites excluding steroid dienone is 1. The number of aliphatic imine (C=N–C) groups is 1. The van der Waals surface area contributed by atoms with Crippen LogP contribution in [0.4, 0.5) is 11.6 Å². The molecule has 3 aromatic heterocycles. The number of quaternary nitrogens is 1. The molecule has 0 amide bonds. The highest BCUT2D eigenvalue weighted by Gasteiger charge is 2.28. The molecule has 0 saturated heterocycles. The first-order valence-electron chi connectivity index (χ1n) is 17.0. The number of pyridine rings is 2. The molecular weight excluding hydrogens is 712 g/mol. The minimum Gasteiger partial charge on any atom is -0.497 e. The standard InChI is InChI=1S/C39H39ClN8O6/c1-45-14-12-35(44-45)43-36-21-33-28(22-42-36)18-32(31-19-30(53-4)20-34(54-5)37(31)40)39(50)46(33)23-26-9-6-8-25(16-26)17-29(49)10-7-15-48(2,3)24-27-11-13-41-38(27)47(51)52/h6-10,12-14,16,18-22H,11,15,17,23-24H2,1-5H3/p+1/b10-7+. The van der Waals surface area contributed by atoms with E-state index in [9.17, 15) is 19.7 Å². The van der Waals surface area contributed by atoms with Crippen molar-refractivity contribution in [3.05, 3.63) is 127 Å². The Labute approximate surface area is 316 Å². The highest BCUT2D eigenvalue weighted by Crippen LogP contribution is 2.39. The van der Waals surface area contributed by atoms with Gasteiger partial charge in [-0.25, -0.2) is 4.98 Å². The van der Waals surface area contributed by atoms with Gasteiger partial charge < -0.3 is 34.0 Å². The number of rotatable bonds is 15. The van der Waals surface area contributed by atoms with Crippen molar-refractivity contribution in [2.75, 3.05) is 46.7 Å². The van der Waals surface area contributed by atoms with Crippen LogP contribution in [0, 0.1) is 10.1 Å². The number of aryl methyl sites for hydroxylation is 1. The summed E-state index contributed by atoms with van der Waals surface area (Å²) in [5.74, 6) is 1.76. The van der Waals surface area contributed by atoms with Crippen molar-refractivity contribution in [2.45, 2.75) is 19.4 Å². The van der Waals surface area contributed by atoms with Crippen molar-refractivity contribution in [1.82, 2.24) is 19.3 Å². The van der Waals surface area contributed by atoms with Gasteiger partial charge >= 0.3 is 5.82 Å². The maximum Gasteiger partial charge on any atom is 0.368 e. The van der Waals surface area contributed by atoms with E-state index in [4.69, 9.17) is 21.1 Å². The molecule has 54 heavy (non-hydrogen) atoms. The maximum absolute atomic E-state index is 14.5. The number of hydrogen-bond donors (Lipinski definition) is 1. The van der Waals surface area contributed by atoms with Crippen LogP contribution in [0.25, 0.3) is 22.0 Å². The summed E-state index contributed by atoms with van der Waals surface area (Å²) < 4.78 is 14.7. The van der Waals surface area contributed by atoms with Crippen LogP contribution in [0.5, 0.6) is 11.5 Å². The van der Waals surface area contributed by atoms with E-state index in [1.54, 1.807) is 58.1 Å². The number of halogens is 1. The van der Waals surface area contributed by atoms with Crippen molar-refractivity contribution in [3.8, 4) is 22.6 Å². The van der Waals surface area contributed by atoms with Crippen molar-refractivity contribution < 1.29 is 23.7 Å². The highest BCUT2D eigenvalue weighted by atomic mass is 35.5. The van der Waals surface area contributed by atoms with Crippen LogP contribution in [0.15, 0.2) is 100 Å². The summed E-state index contributed by atoms with van der Waals surface area (Å²) in [6.07, 6.45) is 9.01. The summed E-state index contributed by atoms with van der Waals surface area (Å²) >= 11 is 6.78. The number of methoxy groups -OCH3 is 2. The van der Waals surface area contributed by atoms with E-state index in [2.05, 4.69) is 20.4 Å². The molecule has 5 aromatic rings. The minimum absolute atomic E-state index is 0.0919. The largest absolute Gasteiger partial charge is 0.497 e. The number of carbonyl (C=O) groups is 1. The van der Waals surface area contributed by atoms with Crippen molar-refractivity contribution in [1.29, 1.82) is 0 Å². The van der Waals surface area contributed by atoms with E-state index in [0.29, 0.717) is 74.7 Å². The van der Waals surface area contributed by atoms with Crippen LogP contribution in [-0.2, 0) is 24.8 Å². The molecule has 14 nitrogen and oxygen atoms in total. The summed E-state index contributed by atoms with van der Waals surface area (Å²) in [7, 11) is 8.75. The number of anilines is 2. The quantitative estimate of drug-likeness (QED) is 0.0590. The van der Waals surface area contributed by atoms with Gasteiger partial charge in [-0.15, -0.1) is 0 Å². The second-order valence-electron chi connectivity index (χ2n) is 13.6. The molecule has 4 heterocycles. The summed E-state index contributed by atoms with van der Waals surface area (Å²) in [6.45, 7) is 1.13. The van der Waals surface area contributed by atoms with E-state index in [0.717, 1.165) is 11.1 Å². The van der Waals surface area contributed by atoms with E-state index in [1.165, 1.54) is 14.2 Å². The van der Waals surface area contributed by atoms with Gasteiger partial charge in [0, 0.05) is 67.0 Å². The molecule has 0 aliphatic carbocycles. The molecule has 1 N–H and O–H groups in total. The molecule has 0 atom stereocenters. The Kier molecular flexibility index (Phi) is 11.1. The van der Waals surface area contributed by atoms with Crippen LogP contribution >= 0.6 is 11.6 Å². The third-order valence-corrected chi connectivity index (χ3v) is 9.37. The first-order chi connectivity index (χ1) is 25.8. The fourth-order valence-corrected chi connectivity index (χ4v) is 6.69. The summed E-state index contributed by atoms with van der Waals surface area (Å²) in [4.78, 5) is 46.9. The number of ketones is 1. The lowest BCUT2D eigenvalue weighted by molar-refractivity contribution is -0.880. The number of aromatic nitrogens is 4. The molecule has 2 aromatic carbocycles. The predicted octanol–water partition coefficient (Wildman–Crippen LogP) is 5.97. The first-order valence-corrected chi connectivity index (χ1v) is 17.4. The van der Waals surface area contributed by atoms with Crippen LogP contribution in [0.3, 0.4) is 0 Å². The van der Waals surface area contributed by atoms with Gasteiger partial charge in [-0.05, 0) is 40.3 Å². The second-order valence-corrected chi connectivity index (χ2v) is 14.0. The van der Waals surface area contributed by atoms with Gasteiger partial charge in [0.05, 0.1) is 57.5 Å². The molecule has 0 fully saturated rings. The van der Waals surface area contributed by atoms with Crippen LogP contribution in [0.1, 0.15) is 17.5 Å². The van der Waals surface area contributed by atoms with Crippen molar-refractivity contribution in [3.63, 3.8) is 0 Å². The zero-order chi connectivity index (χ0) is 38.6. The van der Waals surface area contributed by atoms with Gasteiger partial charge in [-0.3, -0.25) is 14.3 Å². The molecule has 0 radical (unpaired) electrons. The lowest BCUT2D eigenvalue weighted by Gasteiger charge is -2.28. The Morgan fingerprint density at radius 3 is 2.59 bits per heavy atom. The molecule has 0 unspecified atom stereocenters. The van der Waals surface area contributed by atoms with E-state index >= 15 is 0 Å². The summed E-state index contributed by atoms with van der Waals surface area (Å²) in [6, 6.07) is 16.3. The number of hydrogen-bond acceptors (Lipinski definition) is 10. The predicted molar refractivity (Wildman–Crippen MR) is 208 cm³/mol. The Balaban J connectivity index is 1.29. The van der Waals surface area contributed by atoms with Crippen LogP contribution in [0.2, 0.25) is 5.02 Å². The van der Waals surface area contributed by atoms with E-state index < -0.39 is 4.92 Å². The Hall–Kier alpha value is -6.12. The number of nitrogens with one attached hydrogen (secondary N) is 1. The van der Waals surface area contributed by atoms with Crippen LogP contribution in [-0.4, -0.2) is 82.1 Å².